The van der Waals surface area contributed by atoms with Gasteiger partial charge < -0.3 is 5.73 Å². The Balaban J connectivity index is 2.02. The Bertz CT molecular complexity index is 837. The van der Waals surface area contributed by atoms with Crippen LogP contribution in [-0.4, -0.2) is 15.6 Å². The predicted octanol–water partition coefficient (Wildman–Crippen LogP) is 3.13. The maximum absolute atomic E-state index is 13.0. The summed E-state index contributed by atoms with van der Waals surface area (Å²) in [5, 5.41) is 4.14. The van der Waals surface area contributed by atoms with E-state index >= 15 is 0 Å². The molecule has 3 rings (SSSR count). The molecule has 1 heterocycles. The maximum Gasteiger partial charge on any atom is 0.198 e. The van der Waals surface area contributed by atoms with Gasteiger partial charge in [0.05, 0.1) is 17.4 Å². The predicted molar refractivity (Wildman–Crippen MR) is 82.5 cm³/mol. The second-order valence-electron chi connectivity index (χ2n) is 4.98. The van der Waals surface area contributed by atoms with Crippen molar-refractivity contribution in [1.29, 1.82) is 0 Å². The first-order valence-corrected chi connectivity index (χ1v) is 6.77. The zero-order valence-electron chi connectivity index (χ0n) is 12.0. The summed E-state index contributed by atoms with van der Waals surface area (Å²) in [7, 11) is 0. The van der Waals surface area contributed by atoms with E-state index in [1.165, 1.54) is 23.0 Å². The van der Waals surface area contributed by atoms with E-state index in [0.29, 0.717) is 16.8 Å². The van der Waals surface area contributed by atoms with Gasteiger partial charge in [0.1, 0.15) is 11.6 Å². The minimum atomic E-state index is -0.342. The zero-order chi connectivity index (χ0) is 15.7. The minimum Gasteiger partial charge on any atom is -0.383 e. The molecule has 0 saturated carbocycles. The lowest BCUT2D eigenvalue weighted by Gasteiger charge is -2.06. The fraction of sp³-hybridized carbons (Fsp3) is 0.0588. The second kappa shape index (κ2) is 5.44. The van der Waals surface area contributed by atoms with Crippen molar-refractivity contribution in [1.82, 2.24) is 9.78 Å². The molecule has 5 heteroatoms. The van der Waals surface area contributed by atoms with Crippen LogP contribution in [-0.2, 0) is 0 Å². The molecule has 2 N–H and O–H groups in total. The lowest BCUT2D eigenvalue weighted by molar-refractivity contribution is 0.103. The van der Waals surface area contributed by atoms with Crippen LogP contribution >= 0.6 is 0 Å². The third-order valence-corrected chi connectivity index (χ3v) is 3.51. The summed E-state index contributed by atoms with van der Waals surface area (Å²) in [6.45, 7) is 1.87. The third-order valence-electron chi connectivity index (χ3n) is 3.51. The molecule has 2 aromatic carbocycles. The second-order valence-corrected chi connectivity index (χ2v) is 4.98. The zero-order valence-corrected chi connectivity index (χ0v) is 12.0. The molecule has 0 bridgehead atoms. The number of nitrogens with two attached hydrogens (primary N) is 1. The summed E-state index contributed by atoms with van der Waals surface area (Å²) < 4.78 is 14.4. The van der Waals surface area contributed by atoms with E-state index in [1.807, 2.05) is 19.1 Å². The molecule has 22 heavy (non-hydrogen) atoms. The van der Waals surface area contributed by atoms with Gasteiger partial charge in [-0.15, -0.1) is 0 Å². The highest BCUT2D eigenvalue weighted by Gasteiger charge is 2.18. The number of carbonyl (C=O) groups is 1. The lowest BCUT2D eigenvalue weighted by atomic mass is 10.0. The standard InChI is InChI=1S/C17H14FN3O/c1-11-4-2-3-5-14(11)16(22)15-10-20-21(17(15)19)13-8-6-12(18)7-9-13/h2-10H,19H2,1H3. The molecule has 1 aromatic heterocycles. The van der Waals surface area contributed by atoms with Gasteiger partial charge in [0.25, 0.3) is 0 Å². The Morgan fingerprint density at radius 1 is 1.09 bits per heavy atom. The normalized spacial score (nSPS) is 10.6. The van der Waals surface area contributed by atoms with Crippen LogP contribution in [0.3, 0.4) is 0 Å². The molecule has 0 atom stereocenters. The highest BCUT2D eigenvalue weighted by Crippen LogP contribution is 2.21. The van der Waals surface area contributed by atoms with Crippen molar-refractivity contribution in [3.8, 4) is 5.69 Å². The van der Waals surface area contributed by atoms with Gasteiger partial charge in [-0.3, -0.25) is 4.79 Å². The van der Waals surface area contributed by atoms with Crippen molar-refractivity contribution < 1.29 is 9.18 Å². The van der Waals surface area contributed by atoms with Gasteiger partial charge in [0, 0.05) is 5.56 Å². The molecule has 0 radical (unpaired) electrons. The van der Waals surface area contributed by atoms with Gasteiger partial charge in [0.2, 0.25) is 0 Å². The monoisotopic (exact) mass is 295 g/mol. The van der Waals surface area contributed by atoms with Gasteiger partial charge in [-0.05, 0) is 36.8 Å². The maximum atomic E-state index is 13.0. The van der Waals surface area contributed by atoms with Gasteiger partial charge in [-0.2, -0.15) is 5.10 Å². The molecule has 0 amide bonds. The molecule has 0 spiro atoms. The van der Waals surface area contributed by atoms with Crippen LogP contribution in [0.1, 0.15) is 21.5 Å². The number of rotatable bonds is 3. The Morgan fingerprint density at radius 2 is 1.77 bits per heavy atom. The molecule has 0 saturated heterocycles. The smallest absolute Gasteiger partial charge is 0.198 e. The van der Waals surface area contributed by atoms with E-state index in [2.05, 4.69) is 5.10 Å². The van der Waals surface area contributed by atoms with Crippen LogP contribution in [0.5, 0.6) is 0 Å². The first kappa shape index (κ1) is 14.0. The number of carbonyl (C=O) groups excluding carboxylic acids is 1. The van der Waals surface area contributed by atoms with Crippen LogP contribution < -0.4 is 5.73 Å². The van der Waals surface area contributed by atoms with Gasteiger partial charge in [0.15, 0.2) is 5.78 Å². The number of ketones is 1. The lowest BCUT2D eigenvalue weighted by Crippen LogP contribution is -2.08. The first-order chi connectivity index (χ1) is 10.6. The molecule has 110 valence electrons. The number of aromatic nitrogens is 2. The van der Waals surface area contributed by atoms with Crippen LogP contribution in [0.4, 0.5) is 10.2 Å². The van der Waals surface area contributed by atoms with E-state index in [1.54, 1.807) is 24.3 Å². The Morgan fingerprint density at radius 3 is 2.45 bits per heavy atom. The van der Waals surface area contributed by atoms with E-state index in [-0.39, 0.29) is 17.4 Å². The first-order valence-electron chi connectivity index (χ1n) is 6.77. The summed E-state index contributed by atoms with van der Waals surface area (Å²) in [5.74, 6) is -0.283. The minimum absolute atomic E-state index is 0.177. The molecule has 0 aliphatic heterocycles. The number of aryl methyl sites for hydroxylation is 1. The van der Waals surface area contributed by atoms with Gasteiger partial charge in [-0.1, -0.05) is 24.3 Å². The molecule has 3 aromatic rings. The van der Waals surface area contributed by atoms with E-state index in [0.717, 1.165) is 5.56 Å². The fourth-order valence-electron chi connectivity index (χ4n) is 2.29. The molecule has 0 unspecified atom stereocenters. The number of hydrogen-bond donors (Lipinski definition) is 1. The van der Waals surface area contributed by atoms with Gasteiger partial charge in [-0.25, -0.2) is 9.07 Å². The topological polar surface area (TPSA) is 60.9 Å². The highest BCUT2D eigenvalue weighted by atomic mass is 19.1. The Hall–Kier alpha value is -2.95. The highest BCUT2D eigenvalue weighted by molar-refractivity contribution is 6.12. The number of halogens is 1. The largest absolute Gasteiger partial charge is 0.383 e. The van der Waals surface area contributed by atoms with Crippen molar-refractivity contribution in [2.24, 2.45) is 0 Å². The van der Waals surface area contributed by atoms with Crippen LogP contribution in [0.25, 0.3) is 5.69 Å². The Kier molecular flexibility index (Phi) is 3.47. The third kappa shape index (κ3) is 2.37. The van der Waals surface area contributed by atoms with Crippen molar-refractivity contribution in [3.63, 3.8) is 0 Å². The van der Waals surface area contributed by atoms with Gasteiger partial charge >= 0.3 is 0 Å². The summed E-state index contributed by atoms with van der Waals surface area (Å²) in [6.07, 6.45) is 1.44. The quantitative estimate of drug-likeness (QED) is 0.755. The average Bonchev–Trinajstić information content (AvgIpc) is 2.90. The summed E-state index contributed by atoms with van der Waals surface area (Å²) in [5.41, 5.74) is 8.45. The van der Waals surface area contributed by atoms with Crippen molar-refractivity contribution in [2.45, 2.75) is 6.92 Å². The molecule has 0 aliphatic rings. The van der Waals surface area contributed by atoms with Crippen molar-refractivity contribution >= 4 is 11.6 Å². The van der Waals surface area contributed by atoms with Crippen molar-refractivity contribution in [3.05, 3.63) is 77.2 Å². The number of nitrogen functional groups attached to an aromatic ring is 1. The molecule has 0 fully saturated rings. The summed E-state index contributed by atoms with van der Waals surface area (Å²) >= 11 is 0. The summed E-state index contributed by atoms with van der Waals surface area (Å²) in [6, 6.07) is 13.1. The number of nitrogens with zero attached hydrogens (tertiary/aromatic N) is 2. The number of hydrogen-bond acceptors (Lipinski definition) is 3. The summed E-state index contributed by atoms with van der Waals surface area (Å²) in [4.78, 5) is 12.6. The average molecular weight is 295 g/mol. The molecule has 0 aliphatic carbocycles. The molecular formula is C17H14FN3O. The van der Waals surface area contributed by atoms with E-state index in [4.69, 9.17) is 5.73 Å². The number of anilines is 1. The fourth-order valence-corrected chi connectivity index (χ4v) is 2.29. The van der Waals surface area contributed by atoms with Crippen LogP contribution in [0.2, 0.25) is 0 Å². The molecular weight excluding hydrogens is 281 g/mol. The molecule has 4 nitrogen and oxygen atoms in total. The van der Waals surface area contributed by atoms with Crippen molar-refractivity contribution in [2.75, 3.05) is 5.73 Å². The van der Waals surface area contributed by atoms with E-state index < -0.39 is 0 Å². The van der Waals surface area contributed by atoms with Crippen LogP contribution in [0, 0.1) is 12.7 Å². The number of benzene rings is 2. The SMILES string of the molecule is Cc1ccccc1C(=O)c1cnn(-c2ccc(F)cc2)c1N. The van der Waals surface area contributed by atoms with E-state index in [9.17, 15) is 9.18 Å². The Labute approximate surface area is 127 Å². The van der Waals surface area contributed by atoms with Crippen LogP contribution in [0.15, 0.2) is 54.7 Å².